The van der Waals surface area contributed by atoms with E-state index in [1.165, 1.54) is 71.2 Å². The Bertz CT molecular complexity index is 305. The smallest absolute Gasteiger partial charge is 0.0250 e. The number of rotatable bonds is 5. The molecule has 3 aliphatic heterocycles. The fraction of sp³-hybridized carbons (Fsp3) is 1.00. The molecule has 0 bridgehead atoms. The van der Waals surface area contributed by atoms with E-state index in [9.17, 15) is 0 Å². The quantitative estimate of drug-likeness (QED) is 0.833. The summed E-state index contributed by atoms with van der Waals surface area (Å²) in [7, 11) is 0. The molecule has 0 aromatic rings. The van der Waals surface area contributed by atoms with Crippen molar-refractivity contribution < 1.29 is 0 Å². The highest BCUT2D eigenvalue weighted by Crippen LogP contribution is 2.29. The molecule has 0 aromatic heterocycles. The van der Waals surface area contributed by atoms with Gasteiger partial charge in [-0.15, -0.1) is 0 Å². The topological polar surface area (TPSA) is 18.5 Å². The minimum absolute atomic E-state index is 0.695. The second-order valence-corrected chi connectivity index (χ2v) is 7.30. The van der Waals surface area contributed by atoms with Crippen molar-refractivity contribution in [3.05, 3.63) is 0 Å². The Balaban J connectivity index is 1.49. The van der Waals surface area contributed by atoms with Crippen molar-refractivity contribution in [3.8, 4) is 0 Å². The van der Waals surface area contributed by atoms with E-state index in [4.69, 9.17) is 0 Å². The Hall–Kier alpha value is -0.120. The van der Waals surface area contributed by atoms with Gasteiger partial charge in [0.25, 0.3) is 0 Å². The first-order chi connectivity index (χ1) is 9.78. The Kier molecular flexibility index (Phi) is 5.00. The first kappa shape index (κ1) is 14.8. The largest absolute Gasteiger partial charge is 0.310 e. The van der Waals surface area contributed by atoms with Crippen LogP contribution in [0.1, 0.15) is 52.4 Å². The summed E-state index contributed by atoms with van der Waals surface area (Å²) < 4.78 is 0. The van der Waals surface area contributed by atoms with Gasteiger partial charge in [-0.3, -0.25) is 4.90 Å². The summed E-state index contributed by atoms with van der Waals surface area (Å²) in [6, 6.07) is 2.32. The van der Waals surface area contributed by atoms with Crippen LogP contribution in [0.2, 0.25) is 0 Å². The monoisotopic (exact) mass is 279 g/mol. The standard InChI is InChI=1S/C17H33N3/c1-3-9-19-10-4-6-15(13-19)14(2)18-16-8-12-20-11-5-7-17(16)20/h14-18H,3-13H2,1-2H3. The average molecular weight is 279 g/mol. The Morgan fingerprint density at radius 3 is 2.80 bits per heavy atom. The van der Waals surface area contributed by atoms with Crippen LogP contribution in [-0.2, 0) is 0 Å². The van der Waals surface area contributed by atoms with E-state index in [1.807, 2.05) is 0 Å². The van der Waals surface area contributed by atoms with Crippen LogP contribution in [0.25, 0.3) is 0 Å². The lowest BCUT2D eigenvalue weighted by molar-refractivity contribution is 0.144. The molecule has 20 heavy (non-hydrogen) atoms. The first-order valence-electron chi connectivity index (χ1n) is 9.00. The van der Waals surface area contributed by atoms with Crippen LogP contribution >= 0.6 is 0 Å². The van der Waals surface area contributed by atoms with Gasteiger partial charge in [-0.25, -0.2) is 0 Å². The van der Waals surface area contributed by atoms with Crippen molar-refractivity contribution in [2.75, 3.05) is 32.7 Å². The van der Waals surface area contributed by atoms with Crippen LogP contribution in [0.5, 0.6) is 0 Å². The summed E-state index contributed by atoms with van der Waals surface area (Å²) in [6.45, 7) is 11.4. The molecule has 3 heteroatoms. The number of nitrogens with one attached hydrogen (secondary N) is 1. The lowest BCUT2D eigenvalue weighted by Gasteiger charge is -2.37. The van der Waals surface area contributed by atoms with Gasteiger partial charge in [-0.1, -0.05) is 6.92 Å². The molecule has 0 spiro atoms. The second-order valence-electron chi connectivity index (χ2n) is 7.30. The maximum atomic E-state index is 4.01. The van der Waals surface area contributed by atoms with Crippen molar-refractivity contribution in [2.24, 2.45) is 5.92 Å². The van der Waals surface area contributed by atoms with Crippen molar-refractivity contribution >= 4 is 0 Å². The summed E-state index contributed by atoms with van der Waals surface area (Å²) in [5, 5.41) is 4.01. The third-order valence-electron chi connectivity index (χ3n) is 5.87. The lowest BCUT2D eigenvalue weighted by atomic mass is 9.90. The molecule has 3 saturated heterocycles. The van der Waals surface area contributed by atoms with Crippen LogP contribution in [0.3, 0.4) is 0 Å². The SMILES string of the molecule is CCCN1CCCC(C(C)NC2CCN3CCCC23)C1. The number of nitrogens with zero attached hydrogens (tertiary/aromatic N) is 2. The Labute approximate surface area is 125 Å². The highest BCUT2D eigenvalue weighted by molar-refractivity contribution is 4.97. The van der Waals surface area contributed by atoms with E-state index in [1.54, 1.807) is 0 Å². The normalized spacial score (nSPS) is 37.2. The van der Waals surface area contributed by atoms with E-state index in [-0.39, 0.29) is 0 Å². The molecule has 0 amide bonds. The minimum atomic E-state index is 0.695. The first-order valence-corrected chi connectivity index (χ1v) is 9.00. The molecular weight excluding hydrogens is 246 g/mol. The van der Waals surface area contributed by atoms with E-state index >= 15 is 0 Å². The number of likely N-dealkylation sites (tertiary alicyclic amines) is 1. The fourth-order valence-corrected chi connectivity index (χ4v) is 4.77. The van der Waals surface area contributed by atoms with Gasteiger partial charge in [-0.2, -0.15) is 0 Å². The highest BCUT2D eigenvalue weighted by Gasteiger charge is 2.38. The molecule has 0 radical (unpaired) electrons. The van der Waals surface area contributed by atoms with Crippen molar-refractivity contribution in [2.45, 2.75) is 70.5 Å². The van der Waals surface area contributed by atoms with Crippen LogP contribution < -0.4 is 5.32 Å². The summed E-state index contributed by atoms with van der Waals surface area (Å²) in [5.74, 6) is 0.866. The van der Waals surface area contributed by atoms with Gasteiger partial charge in [0.15, 0.2) is 0 Å². The number of hydrogen-bond donors (Lipinski definition) is 1. The van der Waals surface area contributed by atoms with Gasteiger partial charge >= 0.3 is 0 Å². The van der Waals surface area contributed by atoms with Crippen molar-refractivity contribution in [1.82, 2.24) is 15.1 Å². The lowest BCUT2D eigenvalue weighted by Crippen LogP contribution is -2.50. The van der Waals surface area contributed by atoms with Crippen LogP contribution in [0.4, 0.5) is 0 Å². The van der Waals surface area contributed by atoms with Gasteiger partial charge in [0.1, 0.15) is 0 Å². The zero-order valence-corrected chi connectivity index (χ0v) is 13.5. The summed E-state index contributed by atoms with van der Waals surface area (Å²) in [5.41, 5.74) is 0. The molecule has 116 valence electrons. The van der Waals surface area contributed by atoms with Gasteiger partial charge in [0.05, 0.1) is 0 Å². The van der Waals surface area contributed by atoms with Gasteiger partial charge < -0.3 is 10.2 Å². The van der Waals surface area contributed by atoms with Gasteiger partial charge in [-0.05, 0) is 71.0 Å². The summed E-state index contributed by atoms with van der Waals surface area (Å²) >= 11 is 0. The van der Waals surface area contributed by atoms with Crippen LogP contribution in [0, 0.1) is 5.92 Å². The van der Waals surface area contributed by atoms with Gasteiger partial charge in [0, 0.05) is 31.2 Å². The maximum absolute atomic E-state index is 4.01. The maximum Gasteiger partial charge on any atom is 0.0250 e. The van der Waals surface area contributed by atoms with E-state index < -0.39 is 0 Å². The van der Waals surface area contributed by atoms with Crippen LogP contribution in [-0.4, -0.2) is 60.6 Å². The molecule has 3 rings (SSSR count). The van der Waals surface area contributed by atoms with Crippen molar-refractivity contribution in [3.63, 3.8) is 0 Å². The predicted molar refractivity (Wildman–Crippen MR) is 85.1 cm³/mol. The minimum Gasteiger partial charge on any atom is -0.310 e. The molecule has 0 aliphatic carbocycles. The molecule has 4 unspecified atom stereocenters. The average Bonchev–Trinajstić information content (AvgIpc) is 3.04. The van der Waals surface area contributed by atoms with Gasteiger partial charge in [0.2, 0.25) is 0 Å². The summed E-state index contributed by atoms with van der Waals surface area (Å²) in [6.07, 6.45) is 8.35. The molecule has 3 fully saturated rings. The number of hydrogen-bond acceptors (Lipinski definition) is 3. The fourth-order valence-electron chi connectivity index (χ4n) is 4.77. The van der Waals surface area contributed by atoms with E-state index in [0.29, 0.717) is 6.04 Å². The molecule has 0 aromatic carbocycles. The number of piperidine rings is 1. The third-order valence-corrected chi connectivity index (χ3v) is 5.87. The van der Waals surface area contributed by atoms with Crippen molar-refractivity contribution in [1.29, 1.82) is 0 Å². The molecule has 3 aliphatic rings. The zero-order valence-electron chi connectivity index (χ0n) is 13.5. The number of fused-ring (bicyclic) bond motifs is 1. The molecular formula is C17H33N3. The zero-order chi connectivity index (χ0) is 13.9. The molecule has 3 heterocycles. The molecule has 0 saturated carbocycles. The highest BCUT2D eigenvalue weighted by atomic mass is 15.2. The van der Waals surface area contributed by atoms with E-state index in [0.717, 1.165) is 18.0 Å². The molecule has 1 N–H and O–H groups in total. The van der Waals surface area contributed by atoms with Crippen LogP contribution in [0.15, 0.2) is 0 Å². The molecule has 3 nitrogen and oxygen atoms in total. The predicted octanol–water partition coefficient (Wildman–Crippen LogP) is 2.32. The summed E-state index contributed by atoms with van der Waals surface area (Å²) in [4.78, 5) is 5.40. The molecule has 4 atom stereocenters. The third kappa shape index (κ3) is 3.20. The Morgan fingerprint density at radius 1 is 1.10 bits per heavy atom. The van der Waals surface area contributed by atoms with E-state index in [2.05, 4.69) is 29.0 Å². The Morgan fingerprint density at radius 2 is 1.95 bits per heavy atom. The second kappa shape index (κ2) is 6.76.